The summed E-state index contributed by atoms with van der Waals surface area (Å²) in [7, 11) is -3.05. The van der Waals surface area contributed by atoms with Crippen LogP contribution in [0.3, 0.4) is 0 Å². The molecule has 1 fully saturated rings. The Bertz CT molecular complexity index is 312. The van der Waals surface area contributed by atoms with E-state index in [4.69, 9.17) is 0 Å². The van der Waals surface area contributed by atoms with Crippen molar-refractivity contribution < 1.29 is 8.42 Å². The summed E-state index contributed by atoms with van der Waals surface area (Å²) >= 11 is 0. The fraction of sp³-hybridized carbons (Fsp3) is 1.00. The summed E-state index contributed by atoms with van der Waals surface area (Å²) in [5.74, 6) is 0.267. The summed E-state index contributed by atoms with van der Waals surface area (Å²) in [5, 5.41) is 3.15. The van der Waals surface area contributed by atoms with Crippen molar-refractivity contribution in [1.82, 2.24) is 9.62 Å². The predicted molar refractivity (Wildman–Crippen MR) is 67.0 cm³/mol. The van der Waals surface area contributed by atoms with Gasteiger partial charge in [-0.15, -0.1) is 0 Å². The molecule has 1 rings (SSSR count). The zero-order valence-corrected chi connectivity index (χ0v) is 11.4. The molecule has 0 aromatic carbocycles. The molecule has 4 nitrogen and oxygen atoms in total. The molecule has 1 saturated heterocycles. The summed E-state index contributed by atoms with van der Waals surface area (Å²) in [6.45, 7) is 8.43. The Kier molecular flexibility index (Phi) is 4.76. The summed E-state index contributed by atoms with van der Waals surface area (Å²) < 4.78 is 25.9. The highest BCUT2D eigenvalue weighted by Crippen LogP contribution is 2.31. The Morgan fingerprint density at radius 2 is 2.06 bits per heavy atom. The van der Waals surface area contributed by atoms with E-state index in [0.717, 1.165) is 25.9 Å². The lowest BCUT2D eigenvalue weighted by molar-refractivity contribution is 0.291. The zero-order valence-electron chi connectivity index (χ0n) is 10.6. The fourth-order valence-corrected chi connectivity index (χ4v) is 4.25. The van der Waals surface area contributed by atoms with Gasteiger partial charge in [-0.3, -0.25) is 0 Å². The first-order valence-corrected chi connectivity index (χ1v) is 7.72. The van der Waals surface area contributed by atoms with Crippen LogP contribution in [0.5, 0.6) is 0 Å². The van der Waals surface area contributed by atoms with Crippen molar-refractivity contribution in [3.05, 3.63) is 0 Å². The highest BCUT2D eigenvalue weighted by molar-refractivity contribution is 7.89. The molecule has 5 heteroatoms. The van der Waals surface area contributed by atoms with Crippen molar-refractivity contribution in [3.63, 3.8) is 0 Å². The van der Waals surface area contributed by atoms with Crippen LogP contribution < -0.4 is 5.32 Å². The standard InChI is InChI=1S/C11H24N2O2S/c1-4-12-8-6-10-16(14,15)13-9-5-7-11(13,2)3/h12H,4-10H2,1-3H3. The van der Waals surface area contributed by atoms with E-state index < -0.39 is 10.0 Å². The van der Waals surface area contributed by atoms with Crippen LogP contribution in [0.1, 0.15) is 40.0 Å². The lowest BCUT2D eigenvalue weighted by Gasteiger charge is -2.30. The molecule has 0 unspecified atom stereocenters. The van der Waals surface area contributed by atoms with Gasteiger partial charge in [0.2, 0.25) is 10.0 Å². The number of nitrogens with zero attached hydrogens (tertiary/aromatic N) is 1. The van der Waals surface area contributed by atoms with E-state index in [-0.39, 0.29) is 11.3 Å². The van der Waals surface area contributed by atoms with Gasteiger partial charge in [-0.1, -0.05) is 6.92 Å². The molecule has 1 N–H and O–H groups in total. The van der Waals surface area contributed by atoms with Crippen LogP contribution in [0.15, 0.2) is 0 Å². The number of rotatable bonds is 6. The summed E-state index contributed by atoms with van der Waals surface area (Å²) in [6.07, 6.45) is 2.65. The second kappa shape index (κ2) is 5.47. The summed E-state index contributed by atoms with van der Waals surface area (Å²) in [5.41, 5.74) is -0.184. The van der Waals surface area contributed by atoms with Crippen molar-refractivity contribution >= 4 is 10.0 Å². The topological polar surface area (TPSA) is 49.4 Å². The monoisotopic (exact) mass is 248 g/mol. The van der Waals surface area contributed by atoms with Crippen molar-refractivity contribution in [2.45, 2.75) is 45.6 Å². The molecule has 1 heterocycles. The van der Waals surface area contributed by atoms with Crippen LogP contribution in [0.2, 0.25) is 0 Å². The van der Waals surface area contributed by atoms with Gasteiger partial charge in [0.15, 0.2) is 0 Å². The van der Waals surface area contributed by atoms with Crippen LogP contribution in [-0.4, -0.2) is 43.6 Å². The first-order chi connectivity index (χ1) is 7.40. The molecular weight excluding hydrogens is 224 g/mol. The average molecular weight is 248 g/mol. The Hall–Kier alpha value is -0.130. The summed E-state index contributed by atoms with van der Waals surface area (Å²) in [4.78, 5) is 0. The number of hydrogen-bond acceptors (Lipinski definition) is 3. The van der Waals surface area contributed by atoms with E-state index in [1.807, 2.05) is 20.8 Å². The third kappa shape index (κ3) is 3.43. The molecule has 96 valence electrons. The summed E-state index contributed by atoms with van der Waals surface area (Å²) in [6, 6.07) is 0. The zero-order chi connectivity index (χ0) is 12.2. The normalized spacial score (nSPS) is 21.4. The van der Waals surface area contributed by atoms with E-state index in [1.165, 1.54) is 0 Å². The van der Waals surface area contributed by atoms with E-state index in [0.29, 0.717) is 13.0 Å². The molecule has 1 aliphatic heterocycles. The number of sulfonamides is 1. The quantitative estimate of drug-likeness (QED) is 0.718. The molecule has 16 heavy (non-hydrogen) atoms. The van der Waals surface area contributed by atoms with E-state index in [2.05, 4.69) is 5.32 Å². The highest BCUT2D eigenvalue weighted by Gasteiger charge is 2.39. The Labute approximate surface area is 99.5 Å². The molecule has 0 aromatic rings. The van der Waals surface area contributed by atoms with Crippen molar-refractivity contribution in [1.29, 1.82) is 0 Å². The Morgan fingerprint density at radius 1 is 1.38 bits per heavy atom. The SMILES string of the molecule is CCNCCCS(=O)(=O)N1CCCC1(C)C. The molecule has 0 bridgehead atoms. The molecule has 0 spiro atoms. The van der Waals surface area contributed by atoms with Crippen molar-refractivity contribution in [3.8, 4) is 0 Å². The lowest BCUT2D eigenvalue weighted by atomic mass is 10.0. The third-order valence-corrected chi connectivity index (χ3v) is 5.32. The van der Waals surface area contributed by atoms with Crippen LogP contribution in [0, 0.1) is 0 Å². The molecule has 0 radical (unpaired) electrons. The average Bonchev–Trinajstić information content (AvgIpc) is 2.53. The minimum absolute atomic E-state index is 0.184. The molecule has 0 atom stereocenters. The number of nitrogens with one attached hydrogen (secondary N) is 1. The van der Waals surface area contributed by atoms with Gasteiger partial charge in [0, 0.05) is 12.1 Å². The van der Waals surface area contributed by atoms with E-state index in [9.17, 15) is 8.42 Å². The Morgan fingerprint density at radius 3 is 2.56 bits per heavy atom. The van der Waals surface area contributed by atoms with Crippen LogP contribution in [0.25, 0.3) is 0 Å². The maximum Gasteiger partial charge on any atom is 0.214 e. The molecular formula is C11H24N2O2S. The van der Waals surface area contributed by atoms with Crippen LogP contribution in [0.4, 0.5) is 0 Å². The van der Waals surface area contributed by atoms with Crippen molar-refractivity contribution in [2.24, 2.45) is 0 Å². The third-order valence-electron chi connectivity index (χ3n) is 3.17. The molecule has 0 amide bonds. The fourth-order valence-electron chi connectivity index (χ4n) is 2.26. The molecule has 0 saturated carbocycles. The maximum absolute atomic E-state index is 12.1. The van der Waals surface area contributed by atoms with Gasteiger partial charge in [-0.05, 0) is 46.2 Å². The van der Waals surface area contributed by atoms with Gasteiger partial charge in [0.05, 0.1) is 5.75 Å². The number of hydrogen-bond donors (Lipinski definition) is 1. The largest absolute Gasteiger partial charge is 0.317 e. The molecule has 1 aliphatic rings. The minimum atomic E-state index is -3.05. The van der Waals surface area contributed by atoms with Gasteiger partial charge in [-0.25, -0.2) is 8.42 Å². The lowest BCUT2D eigenvalue weighted by Crippen LogP contribution is -2.44. The van der Waals surface area contributed by atoms with Crippen LogP contribution in [-0.2, 0) is 10.0 Å². The van der Waals surface area contributed by atoms with E-state index >= 15 is 0 Å². The molecule has 0 aliphatic carbocycles. The van der Waals surface area contributed by atoms with Crippen molar-refractivity contribution in [2.75, 3.05) is 25.4 Å². The highest BCUT2D eigenvalue weighted by atomic mass is 32.2. The second-order valence-electron chi connectivity index (χ2n) is 5.01. The molecule has 0 aromatic heterocycles. The Balaban J connectivity index is 2.50. The van der Waals surface area contributed by atoms with Gasteiger partial charge in [0.1, 0.15) is 0 Å². The first-order valence-electron chi connectivity index (χ1n) is 6.11. The van der Waals surface area contributed by atoms with Gasteiger partial charge >= 0.3 is 0 Å². The predicted octanol–water partition coefficient (Wildman–Crippen LogP) is 1.19. The maximum atomic E-state index is 12.1. The minimum Gasteiger partial charge on any atom is -0.317 e. The van der Waals surface area contributed by atoms with Gasteiger partial charge in [-0.2, -0.15) is 4.31 Å². The van der Waals surface area contributed by atoms with E-state index in [1.54, 1.807) is 4.31 Å². The smallest absolute Gasteiger partial charge is 0.214 e. The first kappa shape index (κ1) is 13.9. The second-order valence-corrected chi connectivity index (χ2v) is 7.02. The van der Waals surface area contributed by atoms with Gasteiger partial charge < -0.3 is 5.32 Å². The van der Waals surface area contributed by atoms with Gasteiger partial charge in [0.25, 0.3) is 0 Å². The van der Waals surface area contributed by atoms with Crippen LogP contribution >= 0.6 is 0 Å².